The summed E-state index contributed by atoms with van der Waals surface area (Å²) in [6.07, 6.45) is 2.67. The summed E-state index contributed by atoms with van der Waals surface area (Å²) in [5.41, 5.74) is 6.08. The normalized spacial score (nSPS) is 12.1. The van der Waals surface area contributed by atoms with Crippen molar-refractivity contribution >= 4 is 16.9 Å². The van der Waals surface area contributed by atoms with Gasteiger partial charge in [0.05, 0.1) is 23.4 Å². The number of fused-ring (bicyclic) bond motifs is 1. The molecule has 1 atom stereocenters. The number of imidazole rings is 1. The Morgan fingerprint density at radius 3 is 2.52 bits per heavy atom. The maximum absolute atomic E-state index is 12.8. The van der Waals surface area contributed by atoms with E-state index in [4.69, 9.17) is 0 Å². The van der Waals surface area contributed by atoms with Gasteiger partial charge in [0.1, 0.15) is 0 Å². The van der Waals surface area contributed by atoms with Crippen molar-refractivity contribution in [3.63, 3.8) is 0 Å². The minimum absolute atomic E-state index is 0.00140. The van der Waals surface area contributed by atoms with E-state index in [0.29, 0.717) is 5.56 Å². The monoisotopic (exact) mass is 383 g/mol. The second-order valence-corrected chi connectivity index (χ2v) is 7.41. The van der Waals surface area contributed by atoms with Gasteiger partial charge in [0.15, 0.2) is 0 Å². The number of hydrogen-bond acceptors (Lipinski definition) is 2. The summed E-state index contributed by atoms with van der Waals surface area (Å²) >= 11 is 0. The first kappa shape index (κ1) is 18.9. The fourth-order valence-electron chi connectivity index (χ4n) is 3.57. The van der Waals surface area contributed by atoms with Gasteiger partial charge in [-0.05, 0) is 42.7 Å². The van der Waals surface area contributed by atoms with Gasteiger partial charge < -0.3 is 9.88 Å². The molecule has 0 saturated heterocycles. The molecule has 0 aliphatic rings. The van der Waals surface area contributed by atoms with E-state index in [1.165, 1.54) is 11.1 Å². The van der Waals surface area contributed by atoms with Gasteiger partial charge in [0.2, 0.25) is 0 Å². The Kier molecular flexibility index (Phi) is 5.43. The van der Waals surface area contributed by atoms with E-state index in [0.717, 1.165) is 29.6 Å². The predicted octanol–water partition coefficient (Wildman–Crippen LogP) is 5.27. The topological polar surface area (TPSA) is 46.9 Å². The highest BCUT2D eigenvalue weighted by Crippen LogP contribution is 2.20. The van der Waals surface area contributed by atoms with E-state index in [1.54, 1.807) is 0 Å². The van der Waals surface area contributed by atoms with Crippen LogP contribution in [0.3, 0.4) is 0 Å². The molecule has 0 aliphatic carbocycles. The number of nitrogens with zero attached hydrogens (tertiary/aromatic N) is 2. The summed E-state index contributed by atoms with van der Waals surface area (Å²) in [5.74, 6) is -0.0734. The van der Waals surface area contributed by atoms with E-state index in [2.05, 4.69) is 53.0 Å². The van der Waals surface area contributed by atoms with Crippen LogP contribution in [0, 0.1) is 6.92 Å². The third-order valence-corrected chi connectivity index (χ3v) is 5.27. The largest absolute Gasteiger partial charge is 0.345 e. The Hall–Kier alpha value is -3.40. The SMILES string of the molecule is CC[C@H](NC(=O)c1ccc2c(c1)ncn2Cc1ccc(C)cc1)c1ccccc1. The maximum atomic E-state index is 12.8. The van der Waals surface area contributed by atoms with Crippen molar-refractivity contribution in [2.75, 3.05) is 0 Å². The molecule has 0 fully saturated rings. The number of hydrogen-bond donors (Lipinski definition) is 1. The van der Waals surface area contributed by atoms with Gasteiger partial charge in [-0.2, -0.15) is 0 Å². The molecule has 1 heterocycles. The molecule has 4 nitrogen and oxygen atoms in total. The molecule has 1 N–H and O–H groups in total. The van der Waals surface area contributed by atoms with Gasteiger partial charge in [-0.3, -0.25) is 4.79 Å². The minimum Gasteiger partial charge on any atom is -0.345 e. The zero-order chi connectivity index (χ0) is 20.2. The summed E-state index contributed by atoms with van der Waals surface area (Å²) in [7, 11) is 0. The molecule has 4 aromatic rings. The van der Waals surface area contributed by atoms with E-state index < -0.39 is 0 Å². The molecule has 146 valence electrons. The lowest BCUT2D eigenvalue weighted by atomic mass is 10.0. The van der Waals surface area contributed by atoms with Gasteiger partial charge in [-0.25, -0.2) is 4.98 Å². The van der Waals surface area contributed by atoms with E-state index in [1.807, 2.05) is 54.9 Å². The molecule has 0 saturated carbocycles. The summed E-state index contributed by atoms with van der Waals surface area (Å²) in [5, 5.41) is 3.14. The van der Waals surface area contributed by atoms with Crippen LogP contribution >= 0.6 is 0 Å². The molecule has 3 aromatic carbocycles. The number of rotatable bonds is 6. The van der Waals surface area contributed by atoms with E-state index in [9.17, 15) is 4.79 Å². The van der Waals surface area contributed by atoms with Crippen molar-refractivity contribution in [1.82, 2.24) is 14.9 Å². The maximum Gasteiger partial charge on any atom is 0.251 e. The van der Waals surface area contributed by atoms with Crippen LogP contribution in [0.1, 0.15) is 46.4 Å². The van der Waals surface area contributed by atoms with Gasteiger partial charge in [-0.1, -0.05) is 67.1 Å². The highest BCUT2D eigenvalue weighted by Gasteiger charge is 2.15. The average molecular weight is 383 g/mol. The first-order valence-corrected chi connectivity index (χ1v) is 10.0. The minimum atomic E-state index is -0.0734. The first-order chi connectivity index (χ1) is 14.1. The molecule has 0 radical (unpaired) electrons. The molecule has 0 unspecified atom stereocenters. The highest BCUT2D eigenvalue weighted by molar-refractivity contribution is 5.97. The summed E-state index contributed by atoms with van der Waals surface area (Å²) in [6, 6.07) is 24.3. The van der Waals surface area contributed by atoms with Crippen LogP contribution in [0.15, 0.2) is 79.1 Å². The van der Waals surface area contributed by atoms with Gasteiger partial charge in [0.25, 0.3) is 5.91 Å². The second-order valence-electron chi connectivity index (χ2n) is 7.41. The molecule has 1 amide bonds. The molecular weight excluding hydrogens is 358 g/mol. The Bertz CT molecular complexity index is 1110. The third-order valence-electron chi connectivity index (χ3n) is 5.27. The Morgan fingerprint density at radius 1 is 1.03 bits per heavy atom. The first-order valence-electron chi connectivity index (χ1n) is 10.0. The number of benzene rings is 3. The van der Waals surface area contributed by atoms with Crippen molar-refractivity contribution in [2.45, 2.75) is 32.9 Å². The van der Waals surface area contributed by atoms with Crippen molar-refractivity contribution in [3.05, 3.63) is 101 Å². The summed E-state index contributed by atoms with van der Waals surface area (Å²) in [6.45, 7) is 4.92. The molecule has 4 heteroatoms. The zero-order valence-electron chi connectivity index (χ0n) is 16.8. The van der Waals surface area contributed by atoms with Crippen molar-refractivity contribution < 1.29 is 4.79 Å². The number of amides is 1. The third kappa shape index (κ3) is 4.21. The molecule has 0 aliphatic heterocycles. The highest BCUT2D eigenvalue weighted by atomic mass is 16.1. The number of nitrogens with one attached hydrogen (secondary N) is 1. The molecule has 29 heavy (non-hydrogen) atoms. The van der Waals surface area contributed by atoms with Crippen LogP contribution < -0.4 is 5.32 Å². The molecule has 0 spiro atoms. The van der Waals surface area contributed by atoms with Crippen LogP contribution in [0.5, 0.6) is 0 Å². The quantitative estimate of drug-likeness (QED) is 0.493. The molecule has 1 aromatic heterocycles. The fourth-order valence-corrected chi connectivity index (χ4v) is 3.57. The van der Waals surface area contributed by atoms with Crippen LogP contribution in [-0.2, 0) is 6.54 Å². The number of carbonyl (C=O) groups excluding carboxylic acids is 1. The van der Waals surface area contributed by atoms with E-state index in [-0.39, 0.29) is 11.9 Å². The number of aryl methyl sites for hydroxylation is 1. The number of carbonyl (C=O) groups is 1. The van der Waals surface area contributed by atoms with Crippen molar-refractivity contribution in [2.24, 2.45) is 0 Å². The Morgan fingerprint density at radius 2 is 1.79 bits per heavy atom. The Balaban J connectivity index is 1.53. The van der Waals surface area contributed by atoms with E-state index >= 15 is 0 Å². The molecule has 4 rings (SSSR count). The molecular formula is C25H25N3O. The number of aromatic nitrogens is 2. The van der Waals surface area contributed by atoms with Crippen molar-refractivity contribution in [1.29, 1.82) is 0 Å². The lowest BCUT2D eigenvalue weighted by Crippen LogP contribution is -2.28. The van der Waals surface area contributed by atoms with Gasteiger partial charge >= 0.3 is 0 Å². The standard InChI is InChI=1S/C25H25N3O/c1-3-22(20-7-5-4-6-8-20)27-25(29)21-13-14-24-23(15-21)26-17-28(24)16-19-11-9-18(2)10-12-19/h4-15,17,22H,3,16H2,1-2H3,(H,27,29)/t22-/m0/s1. The second kappa shape index (κ2) is 8.31. The van der Waals surface area contributed by atoms with Crippen LogP contribution in [-0.4, -0.2) is 15.5 Å². The predicted molar refractivity (Wildman–Crippen MR) is 117 cm³/mol. The smallest absolute Gasteiger partial charge is 0.251 e. The van der Waals surface area contributed by atoms with Crippen LogP contribution in [0.4, 0.5) is 0 Å². The molecule has 0 bridgehead atoms. The van der Waals surface area contributed by atoms with Crippen LogP contribution in [0.2, 0.25) is 0 Å². The van der Waals surface area contributed by atoms with Gasteiger partial charge in [-0.15, -0.1) is 0 Å². The fraction of sp³-hybridized carbons (Fsp3) is 0.200. The summed E-state index contributed by atoms with van der Waals surface area (Å²) in [4.78, 5) is 17.3. The Labute approximate surface area is 171 Å². The zero-order valence-corrected chi connectivity index (χ0v) is 16.8. The van der Waals surface area contributed by atoms with Gasteiger partial charge in [0, 0.05) is 12.1 Å². The summed E-state index contributed by atoms with van der Waals surface area (Å²) < 4.78 is 2.11. The van der Waals surface area contributed by atoms with Crippen molar-refractivity contribution in [3.8, 4) is 0 Å². The lowest BCUT2D eigenvalue weighted by molar-refractivity contribution is 0.0935. The van der Waals surface area contributed by atoms with Crippen LogP contribution in [0.25, 0.3) is 11.0 Å². The lowest BCUT2D eigenvalue weighted by Gasteiger charge is -2.17. The average Bonchev–Trinajstić information content (AvgIpc) is 3.16.